The summed E-state index contributed by atoms with van der Waals surface area (Å²) in [6.45, 7) is 1.76. The molecular formula is C23H13F9O. The monoisotopic (exact) mass is 476 g/mol. The van der Waals surface area contributed by atoms with Crippen LogP contribution in [0.25, 0.3) is 17.0 Å². The Bertz CT molecular complexity index is 1200. The zero-order chi connectivity index (χ0) is 24.6. The fraction of sp³-hybridized carbons (Fsp3) is 0.130. The van der Waals surface area contributed by atoms with Crippen LogP contribution in [0.15, 0.2) is 60.7 Å². The van der Waals surface area contributed by atoms with Crippen molar-refractivity contribution in [1.29, 1.82) is 0 Å². The highest BCUT2D eigenvalue weighted by Gasteiger charge is 2.39. The summed E-state index contributed by atoms with van der Waals surface area (Å²) >= 11 is 0. The number of benzene rings is 3. The lowest BCUT2D eigenvalue weighted by Crippen LogP contribution is -2.24. The molecule has 174 valence electrons. The van der Waals surface area contributed by atoms with Crippen LogP contribution in [0.3, 0.4) is 0 Å². The van der Waals surface area contributed by atoms with E-state index in [0.29, 0.717) is 18.2 Å². The van der Waals surface area contributed by atoms with Gasteiger partial charge in [0.15, 0.2) is 11.6 Å². The molecule has 0 spiro atoms. The molecule has 3 aromatic rings. The maximum atomic E-state index is 14.5. The third kappa shape index (κ3) is 5.50. The molecule has 0 N–H and O–H groups in total. The summed E-state index contributed by atoms with van der Waals surface area (Å²) < 4.78 is 126. The summed E-state index contributed by atoms with van der Waals surface area (Å²) in [6.07, 6.45) is -10.4. The molecule has 0 amide bonds. The van der Waals surface area contributed by atoms with Crippen LogP contribution in [0.4, 0.5) is 39.5 Å². The van der Waals surface area contributed by atoms with Crippen LogP contribution in [0, 0.1) is 24.4 Å². The normalized spacial score (nSPS) is 12.7. The highest BCUT2D eigenvalue weighted by atomic mass is 19.4. The summed E-state index contributed by atoms with van der Waals surface area (Å²) in [4.78, 5) is 0. The molecule has 0 atom stereocenters. The molecule has 0 aliphatic heterocycles. The van der Waals surface area contributed by atoms with Gasteiger partial charge in [0.2, 0.25) is 0 Å². The summed E-state index contributed by atoms with van der Waals surface area (Å²) in [5.41, 5.74) is -1.86. The van der Waals surface area contributed by atoms with Crippen LogP contribution in [0.1, 0.15) is 16.7 Å². The maximum Gasteiger partial charge on any atom is 0.429 e. The molecular weight excluding hydrogens is 463 g/mol. The first-order chi connectivity index (χ1) is 15.3. The predicted octanol–water partition coefficient (Wildman–Crippen LogP) is 8.08. The van der Waals surface area contributed by atoms with Gasteiger partial charge in [0.25, 0.3) is 0 Å². The van der Waals surface area contributed by atoms with Gasteiger partial charge in [-0.05, 0) is 30.7 Å². The van der Waals surface area contributed by atoms with Crippen molar-refractivity contribution in [2.24, 2.45) is 0 Å². The molecule has 0 radical (unpaired) electrons. The lowest BCUT2D eigenvalue weighted by Gasteiger charge is -2.20. The number of halogens is 9. The molecule has 3 rings (SSSR count). The van der Waals surface area contributed by atoms with Crippen molar-refractivity contribution in [2.75, 3.05) is 0 Å². The van der Waals surface area contributed by atoms with Crippen LogP contribution >= 0.6 is 0 Å². The minimum Gasteiger partial charge on any atom is -0.429 e. The maximum absolute atomic E-state index is 14.5. The third-order valence-electron chi connectivity index (χ3n) is 4.49. The zero-order valence-electron chi connectivity index (χ0n) is 16.6. The first-order valence-electron chi connectivity index (χ1n) is 9.16. The van der Waals surface area contributed by atoms with Gasteiger partial charge in [0.1, 0.15) is 23.0 Å². The van der Waals surface area contributed by atoms with Gasteiger partial charge < -0.3 is 4.74 Å². The number of ether oxygens (including phenoxy) is 1. The largest absolute Gasteiger partial charge is 0.429 e. The molecule has 0 saturated carbocycles. The average Bonchev–Trinajstić information content (AvgIpc) is 2.69. The van der Waals surface area contributed by atoms with E-state index in [4.69, 9.17) is 0 Å². The van der Waals surface area contributed by atoms with Crippen LogP contribution in [-0.2, 0) is 6.11 Å². The van der Waals surface area contributed by atoms with E-state index in [0.717, 1.165) is 11.6 Å². The Labute approximate surface area is 181 Å². The fourth-order valence-electron chi connectivity index (χ4n) is 2.91. The van der Waals surface area contributed by atoms with Gasteiger partial charge in [-0.2, -0.15) is 22.0 Å². The van der Waals surface area contributed by atoms with Gasteiger partial charge in [-0.25, -0.2) is 17.6 Å². The zero-order valence-corrected chi connectivity index (χ0v) is 16.6. The van der Waals surface area contributed by atoms with Gasteiger partial charge in [0, 0.05) is 17.2 Å². The van der Waals surface area contributed by atoms with E-state index in [1.807, 2.05) is 0 Å². The Morgan fingerprint density at radius 3 is 2.03 bits per heavy atom. The molecule has 3 aromatic carbocycles. The summed E-state index contributed by atoms with van der Waals surface area (Å²) in [6, 6.07) is 8.87. The van der Waals surface area contributed by atoms with Crippen molar-refractivity contribution in [3.8, 4) is 16.9 Å². The number of rotatable bonds is 5. The van der Waals surface area contributed by atoms with Crippen LogP contribution in [0.5, 0.6) is 5.75 Å². The summed E-state index contributed by atoms with van der Waals surface area (Å²) in [7, 11) is 0. The smallest absolute Gasteiger partial charge is 0.429 e. The molecule has 0 aliphatic carbocycles. The van der Waals surface area contributed by atoms with E-state index in [-0.39, 0.29) is 17.2 Å². The minimum absolute atomic E-state index is 0.196. The van der Waals surface area contributed by atoms with Crippen molar-refractivity contribution < 1.29 is 44.3 Å². The molecule has 10 heteroatoms. The van der Waals surface area contributed by atoms with E-state index in [2.05, 4.69) is 4.74 Å². The van der Waals surface area contributed by atoms with Crippen molar-refractivity contribution in [3.63, 3.8) is 0 Å². The third-order valence-corrected chi connectivity index (χ3v) is 4.49. The standard InChI is InChI=1S/C23H13F9O/c1-12-2-4-13(5-3-12)15-8-9-17(21(27)20(15)26)23(31,32)33-14-6-7-16(18(24)10-14)19(25)11-22(28,29)30/h2-11H,1H3/b19-11-. The van der Waals surface area contributed by atoms with Gasteiger partial charge in [0.05, 0.1) is 6.08 Å². The Kier molecular flexibility index (Phi) is 6.49. The van der Waals surface area contributed by atoms with Gasteiger partial charge in [-0.1, -0.05) is 35.9 Å². The molecule has 0 aliphatic rings. The molecule has 0 heterocycles. The summed E-state index contributed by atoms with van der Waals surface area (Å²) in [5.74, 6) is -8.06. The topological polar surface area (TPSA) is 9.23 Å². The predicted molar refractivity (Wildman–Crippen MR) is 103 cm³/mol. The first kappa shape index (κ1) is 24.2. The molecule has 1 nitrogen and oxygen atoms in total. The molecule has 0 bridgehead atoms. The quantitative estimate of drug-likeness (QED) is 0.338. The number of hydrogen-bond acceptors (Lipinski definition) is 1. The fourth-order valence-corrected chi connectivity index (χ4v) is 2.91. The first-order valence-corrected chi connectivity index (χ1v) is 9.16. The van der Waals surface area contributed by atoms with Gasteiger partial charge >= 0.3 is 12.3 Å². The van der Waals surface area contributed by atoms with E-state index in [9.17, 15) is 39.5 Å². The highest BCUT2D eigenvalue weighted by Crippen LogP contribution is 2.37. The van der Waals surface area contributed by atoms with Crippen molar-refractivity contribution in [1.82, 2.24) is 0 Å². The lowest BCUT2D eigenvalue weighted by molar-refractivity contribution is -0.187. The van der Waals surface area contributed by atoms with Crippen molar-refractivity contribution in [2.45, 2.75) is 19.2 Å². The lowest BCUT2D eigenvalue weighted by atomic mass is 10.0. The van der Waals surface area contributed by atoms with E-state index in [1.165, 1.54) is 12.1 Å². The molecule has 0 saturated heterocycles. The van der Waals surface area contributed by atoms with Crippen molar-refractivity contribution >= 4 is 5.83 Å². The molecule has 0 unspecified atom stereocenters. The number of hydrogen-bond donors (Lipinski definition) is 0. The van der Waals surface area contributed by atoms with Crippen molar-refractivity contribution in [3.05, 3.63) is 94.8 Å². The van der Waals surface area contributed by atoms with Crippen LogP contribution < -0.4 is 4.74 Å². The second kappa shape index (κ2) is 8.84. The second-order valence-electron chi connectivity index (χ2n) is 6.95. The second-order valence-corrected chi connectivity index (χ2v) is 6.95. The highest BCUT2D eigenvalue weighted by molar-refractivity contribution is 5.65. The molecule has 33 heavy (non-hydrogen) atoms. The molecule has 0 fully saturated rings. The Balaban J connectivity index is 1.90. The minimum atomic E-state index is -5.08. The Morgan fingerprint density at radius 2 is 1.45 bits per heavy atom. The number of alkyl halides is 5. The SMILES string of the molecule is Cc1ccc(-c2ccc(C(F)(F)Oc3ccc(/C(F)=C/C(F)(F)F)c(F)c3)c(F)c2F)cc1. The van der Waals surface area contributed by atoms with E-state index < -0.39 is 58.5 Å². The van der Waals surface area contributed by atoms with E-state index in [1.54, 1.807) is 19.1 Å². The Morgan fingerprint density at radius 1 is 0.818 bits per heavy atom. The molecule has 0 aromatic heterocycles. The number of aryl methyl sites for hydroxylation is 1. The van der Waals surface area contributed by atoms with Crippen LogP contribution in [0.2, 0.25) is 0 Å². The average molecular weight is 476 g/mol. The van der Waals surface area contributed by atoms with E-state index >= 15 is 0 Å². The summed E-state index contributed by atoms with van der Waals surface area (Å²) in [5, 5.41) is 0. The van der Waals surface area contributed by atoms with Gasteiger partial charge in [-0.15, -0.1) is 0 Å². The van der Waals surface area contributed by atoms with Crippen LogP contribution in [-0.4, -0.2) is 6.18 Å². The Hall–Kier alpha value is -3.43. The van der Waals surface area contributed by atoms with Gasteiger partial charge in [-0.3, -0.25) is 0 Å². The number of allylic oxidation sites excluding steroid dienone is 1.